The number of methoxy groups -OCH3 is 1. The lowest BCUT2D eigenvalue weighted by atomic mass is 9.78. The highest BCUT2D eigenvalue weighted by Gasteiger charge is 2.28. The summed E-state index contributed by atoms with van der Waals surface area (Å²) in [6.45, 7) is 4.10. The minimum atomic E-state index is -0.558. The summed E-state index contributed by atoms with van der Waals surface area (Å²) in [5.74, 6) is 0.646. The number of hydrogen-bond acceptors (Lipinski definition) is 4. The summed E-state index contributed by atoms with van der Waals surface area (Å²) in [6, 6.07) is 11.4. The Kier molecular flexibility index (Phi) is 5.99. The van der Waals surface area contributed by atoms with Crippen molar-refractivity contribution in [3.05, 3.63) is 42.0 Å². The van der Waals surface area contributed by atoms with Crippen LogP contribution in [0.25, 0.3) is 10.8 Å². The van der Waals surface area contributed by atoms with Crippen molar-refractivity contribution >= 4 is 22.6 Å². The molecule has 27 heavy (non-hydrogen) atoms. The van der Waals surface area contributed by atoms with E-state index in [0.717, 1.165) is 23.6 Å². The Bertz CT molecular complexity index is 832. The Morgan fingerprint density at radius 1 is 1.11 bits per heavy atom. The summed E-state index contributed by atoms with van der Waals surface area (Å²) in [5.41, 5.74) is 0.323. The normalized spacial score (nSPS) is 22.3. The molecule has 3 rings (SSSR count). The maximum absolute atomic E-state index is 12.5. The predicted octanol–water partition coefficient (Wildman–Crippen LogP) is 3.95. The minimum absolute atomic E-state index is 0.148. The van der Waals surface area contributed by atoms with E-state index in [4.69, 9.17) is 9.47 Å². The quantitative estimate of drug-likeness (QED) is 0.811. The van der Waals surface area contributed by atoms with Gasteiger partial charge in [-0.3, -0.25) is 4.79 Å². The zero-order chi connectivity index (χ0) is 19.4. The molecule has 2 aromatic rings. The highest BCUT2D eigenvalue weighted by atomic mass is 16.5. The molecule has 5 nitrogen and oxygen atoms in total. The highest BCUT2D eigenvalue weighted by molar-refractivity contribution is 5.99. The number of carbonyl (C=O) groups excluding carboxylic acids is 2. The molecule has 1 saturated carbocycles. The maximum atomic E-state index is 12.5. The van der Waals surface area contributed by atoms with Crippen molar-refractivity contribution in [1.29, 1.82) is 0 Å². The van der Waals surface area contributed by atoms with Crippen molar-refractivity contribution in [2.24, 2.45) is 11.8 Å². The molecule has 0 saturated heterocycles. The molecule has 0 aliphatic heterocycles. The van der Waals surface area contributed by atoms with Crippen LogP contribution >= 0.6 is 0 Å². The molecule has 0 spiro atoms. The standard InChI is InChI=1S/C22H27NO4/c1-14-7-6-10-19(15(14)2)23-21(24)13-27-22(25)18-11-16-8-4-5-9-17(16)12-20(18)26-3/h4-5,8-9,11-12,14-15,19H,6-7,10,13H2,1-3H3,(H,23,24)/t14-,15-,19+/m1/s1. The van der Waals surface area contributed by atoms with Crippen LogP contribution in [0.4, 0.5) is 0 Å². The van der Waals surface area contributed by atoms with Crippen LogP contribution in [0.5, 0.6) is 5.75 Å². The fraction of sp³-hybridized carbons (Fsp3) is 0.455. The molecule has 2 aromatic carbocycles. The van der Waals surface area contributed by atoms with E-state index in [1.165, 1.54) is 13.5 Å². The van der Waals surface area contributed by atoms with E-state index < -0.39 is 5.97 Å². The number of hydrogen-bond donors (Lipinski definition) is 1. The second-order valence-corrected chi connectivity index (χ2v) is 7.42. The molecule has 0 bridgehead atoms. The largest absolute Gasteiger partial charge is 0.496 e. The third-order valence-electron chi connectivity index (χ3n) is 5.68. The van der Waals surface area contributed by atoms with E-state index in [0.29, 0.717) is 23.1 Å². The first-order chi connectivity index (χ1) is 13.0. The molecule has 0 heterocycles. The van der Waals surface area contributed by atoms with E-state index in [1.54, 1.807) is 12.1 Å². The van der Waals surface area contributed by atoms with Crippen molar-refractivity contribution in [3.63, 3.8) is 0 Å². The third-order valence-corrected chi connectivity index (χ3v) is 5.68. The van der Waals surface area contributed by atoms with Crippen LogP contribution in [0.3, 0.4) is 0 Å². The van der Waals surface area contributed by atoms with Gasteiger partial charge in [0.25, 0.3) is 5.91 Å². The Morgan fingerprint density at radius 3 is 2.52 bits per heavy atom. The average Bonchev–Trinajstić information content (AvgIpc) is 2.68. The van der Waals surface area contributed by atoms with Crippen molar-refractivity contribution < 1.29 is 19.1 Å². The lowest BCUT2D eigenvalue weighted by Gasteiger charge is -2.34. The summed E-state index contributed by atoms with van der Waals surface area (Å²) >= 11 is 0. The van der Waals surface area contributed by atoms with Crippen molar-refractivity contribution in [2.45, 2.75) is 39.2 Å². The molecule has 1 N–H and O–H groups in total. The van der Waals surface area contributed by atoms with E-state index in [-0.39, 0.29) is 18.6 Å². The lowest BCUT2D eigenvalue weighted by Crippen LogP contribution is -2.45. The molecule has 0 radical (unpaired) electrons. The van der Waals surface area contributed by atoms with Gasteiger partial charge in [-0.05, 0) is 41.2 Å². The van der Waals surface area contributed by atoms with Crippen LogP contribution in [-0.2, 0) is 9.53 Å². The average molecular weight is 369 g/mol. The molecule has 0 aromatic heterocycles. The van der Waals surface area contributed by atoms with E-state index in [2.05, 4.69) is 19.2 Å². The molecule has 1 aliphatic carbocycles. The van der Waals surface area contributed by atoms with Crippen LogP contribution in [0, 0.1) is 11.8 Å². The summed E-state index contributed by atoms with van der Waals surface area (Å²) in [7, 11) is 1.51. The zero-order valence-electron chi connectivity index (χ0n) is 16.2. The van der Waals surface area contributed by atoms with Crippen molar-refractivity contribution in [2.75, 3.05) is 13.7 Å². The smallest absolute Gasteiger partial charge is 0.342 e. The first-order valence-electron chi connectivity index (χ1n) is 9.53. The molecule has 144 valence electrons. The summed E-state index contributed by atoms with van der Waals surface area (Å²) in [5, 5.41) is 4.91. The second-order valence-electron chi connectivity index (χ2n) is 7.42. The molecular weight excluding hydrogens is 342 g/mol. The number of rotatable bonds is 5. The van der Waals surface area contributed by atoms with E-state index in [1.807, 2.05) is 24.3 Å². The van der Waals surface area contributed by atoms with E-state index >= 15 is 0 Å². The number of carbonyl (C=O) groups is 2. The minimum Gasteiger partial charge on any atom is -0.496 e. The number of esters is 1. The summed E-state index contributed by atoms with van der Waals surface area (Å²) < 4.78 is 10.6. The molecule has 1 amide bonds. The van der Waals surface area contributed by atoms with Gasteiger partial charge in [0.05, 0.1) is 7.11 Å². The Hall–Kier alpha value is -2.56. The second kappa shape index (κ2) is 8.42. The number of ether oxygens (including phenoxy) is 2. The van der Waals surface area contributed by atoms with E-state index in [9.17, 15) is 9.59 Å². The van der Waals surface area contributed by atoms with Crippen LogP contribution in [0.1, 0.15) is 43.5 Å². The van der Waals surface area contributed by atoms with Crippen LogP contribution in [0.2, 0.25) is 0 Å². The molecule has 5 heteroatoms. The van der Waals surface area contributed by atoms with Crippen LogP contribution < -0.4 is 10.1 Å². The van der Waals surface area contributed by atoms with Gasteiger partial charge < -0.3 is 14.8 Å². The van der Waals surface area contributed by atoms with Crippen molar-refractivity contribution in [3.8, 4) is 5.75 Å². The molecule has 3 atom stereocenters. The number of benzene rings is 2. The Balaban J connectivity index is 1.63. The Labute approximate surface area is 160 Å². The van der Waals surface area contributed by atoms with Gasteiger partial charge in [-0.1, -0.05) is 51.0 Å². The molecular formula is C22H27NO4. The Morgan fingerprint density at radius 2 is 1.81 bits per heavy atom. The van der Waals surface area contributed by atoms with Gasteiger partial charge in [0.15, 0.2) is 6.61 Å². The molecule has 1 aliphatic rings. The zero-order valence-corrected chi connectivity index (χ0v) is 16.2. The van der Waals surface area contributed by atoms with Crippen LogP contribution in [0.15, 0.2) is 36.4 Å². The topological polar surface area (TPSA) is 64.6 Å². The summed E-state index contributed by atoms with van der Waals surface area (Å²) in [4.78, 5) is 24.7. The van der Waals surface area contributed by atoms with Gasteiger partial charge in [-0.25, -0.2) is 4.79 Å². The summed E-state index contributed by atoms with van der Waals surface area (Å²) in [6.07, 6.45) is 3.29. The number of nitrogens with one attached hydrogen (secondary N) is 1. The van der Waals surface area contributed by atoms with Gasteiger partial charge in [0.2, 0.25) is 0 Å². The first kappa shape index (κ1) is 19.2. The van der Waals surface area contributed by atoms with Gasteiger partial charge >= 0.3 is 5.97 Å². The highest BCUT2D eigenvalue weighted by Crippen LogP contribution is 2.29. The monoisotopic (exact) mass is 369 g/mol. The van der Waals surface area contributed by atoms with Gasteiger partial charge in [0.1, 0.15) is 11.3 Å². The number of amides is 1. The van der Waals surface area contributed by atoms with Gasteiger partial charge in [-0.15, -0.1) is 0 Å². The fourth-order valence-corrected chi connectivity index (χ4v) is 3.79. The lowest BCUT2D eigenvalue weighted by molar-refractivity contribution is -0.125. The fourth-order valence-electron chi connectivity index (χ4n) is 3.79. The van der Waals surface area contributed by atoms with Crippen molar-refractivity contribution in [1.82, 2.24) is 5.32 Å². The van der Waals surface area contributed by atoms with Crippen LogP contribution in [-0.4, -0.2) is 31.6 Å². The molecule has 0 unspecified atom stereocenters. The molecule has 1 fully saturated rings. The maximum Gasteiger partial charge on any atom is 0.342 e. The predicted molar refractivity (Wildman–Crippen MR) is 105 cm³/mol. The first-order valence-corrected chi connectivity index (χ1v) is 9.53. The van der Waals surface area contributed by atoms with Gasteiger partial charge in [0, 0.05) is 6.04 Å². The SMILES string of the molecule is COc1cc2ccccc2cc1C(=O)OCC(=O)N[C@H]1CCC[C@@H](C)[C@H]1C. The van der Waals surface area contributed by atoms with Gasteiger partial charge in [-0.2, -0.15) is 0 Å². The third kappa shape index (κ3) is 4.41. The number of fused-ring (bicyclic) bond motifs is 1.